The Balaban J connectivity index is 2.13. The highest BCUT2D eigenvalue weighted by atomic mass is 35.5. The lowest BCUT2D eigenvalue weighted by Crippen LogP contribution is -2.09. The normalized spacial score (nSPS) is 10.5. The van der Waals surface area contributed by atoms with Crippen molar-refractivity contribution < 1.29 is 9.72 Å². The molecule has 0 aromatic heterocycles. The summed E-state index contributed by atoms with van der Waals surface area (Å²) in [5.41, 5.74) is 0.717. The van der Waals surface area contributed by atoms with Crippen LogP contribution < -0.4 is 5.32 Å². The van der Waals surface area contributed by atoms with Crippen LogP contribution in [0.3, 0.4) is 0 Å². The highest BCUT2D eigenvalue weighted by Gasteiger charge is 2.15. The first kappa shape index (κ1) is 14.7. The van der Waals surface area contributed by atoms with Gasteiger partial charge in [0.1, 0.15) is 5.69 Å². The molecule has 0 spiro atoms. The van der Waals surface area contributed by atoms with Crippen molar-refractivity contribution in [3.63, 3.8) is 0 Å². The average molecular weight is 303 g/mol. The maximum absolute atomic E-state index is 11.8. The third kappa shape index (κ3) is 4.15. The van der Waals surface area contributed by atoms with Crippen LogP contribution in [0.15, 0.2) is 54.6 Å². The Kier molecular flexibility index (Phi) is 4.68. The number of carbonyl (C=O) groups excluding carboxylic acids is 1. The summed E-state index contributed by atoms with van der Waals surface area (Å²) in [6, 6.07) is 13.3. The third-order valence-electron chi connectivity index (χ3n) is 2.64. The predicted octanol–water partition coefficient (Wildman–Crippen LogP) is 3.90. The van der Waals surface area contributed by atoms with Crippen LogP contribution in [0.1, 0.15) is 5.56 Å². The van der Waals surface area contributed by atoms with Crippen molar-refractivity contribution in [2.75, 3.05) is 5.32 Å². The Labute approximate surface area is 126 Å². The van der Waals surface area contributed by atoms with Gasteiger partial charge in [0.2, 0.25) is 5.91 Å². The molecule has 0 atom stereocenters. The lowest BCUT2D eigenvalue weighted by atomic mass is 10.2. The smallest absolute Gasteiger partial charge is 0.294 e. The van der Waals surface area contributed by atoms with Gasteiger partial charge in [0.25, 0.3) is 5.69 Å². The minimum absolute atomic E-state index is 0.104. The van der Waals surface area contributed by atoms with Gasteiger partial charge in [-0.1, -0.05) is 41.9 Å². The Hall–Kier alpha value is -2.66. The van der Waals surface area contributed by atoms with E-state index in [9.17, 15) is 14.9 Å². The van der Waals surface area contributed by atoms with Gasteiger partial charge in [0.05, 0.1) is 4.92 Å². The van der Waals surface area contributed by atoms with Crippen LogP contribution in [0.5, 0.6) is 0 Å². The molecule has 0 bridgehead atoms. The molecule has 1 amide bonds. The van der Waals surface area contributed by atoms with Gasteiger partial charge >= 0.3 is 0 Å². The Morgan fingerprint density at radius 1 is 1.19 bits per heavy atom. The molecule has 0 saturated carbocycles. The summed E-state index contributed by atoms with van der Waals surface area (Å²) in [4.78, 5) is 22.1. The number of anilines is 1. The first-order valence-electron chi connectivity index (χ1n) is 6.04. The second kappa shape index (κ2) is 6.67. The molecule has 0 aliphatic rings. The number of nitro groups is 1. The van der Waals surface area contributed by atoms with Crippen LogP contribution in [-0.2, 0) is 4.79 Å². The van der Waals surface area contributed by atoms with Gasteiger partial charge in [-0.3, -0.25) is 14.9 Å². The minimum atomic E-state index is -0.595. The molecule has 0 aliphatic carbocycles. The Bertz CT molecular complexity index is 699. The van der Waals surface area contributed by atoms with Gasteiger partial charge in [-0.2, -0.15) is 0 Å². The van der Waals surface area contributed by atoms with Gasteiger partial charge in [-0.15, -0.1) is 0 Å². The van der Waals surface area contributed by atoms with Crippen LogP contribution in [0.25, 0.3) is 6.08 Å². The predicted molar refractivity (Wildman–Crippen MR) is 82.2 cm³/mol. The number of hydrogen-bond donors (Lipinski definition) is 1. The number of halogens is 1. The molecule has 0 unspecified atom stereocenters. The molecule has 2 aromatic carbocycles. The molecule has 1 N–H and O–H groups in total. The number of nitro benzene ring substituents is 1. The van der Waals surface area contributed by atoms with E-state index in [-0.39, 0.29) is 16.4 Å². The van der Waals surface area contributed by atoms with Crippen LogP contribution >= 0.6 is 11.6 Å². The van der Waals surface area contributed by atoms with Crippen LogP contribution in [0.2, 0.25) is 5.02 Å². The van der Waals surface area contributed by atoms with Gasteiger partial charge < -0.3 is 5.32 Å². The standard InChI is InChI=1S/C15H11ClN2O3/c16-12-7-8-13(14(10-12)18(20)21)17-15(19)9-6-11-4-2-1-3-5-11/h1-10H,(H,17,19)/b9-6+. The number of hydrogen-bond acceptors (Lipinski definition) is 3. The lowest BCUT2D eigenvalue weighted by molar-refractivity contribution is -0.383. The van der Waals surface area contributed by atoms with Crippen LogP contribution in [-0.4, -0.2) is 10.8 Å². The number of nitrogens with one attached hydrogen (secondary N) is 1. The fraction of sp³-hybridized carbons (Fsp3) is 0. The van der Waals surface area contributed by atoms with E-state index in [0.29, 0.717) is 0 Å². The molecular weight excluding hydrogens is 292 g/mol. The van der Waals surface area contributed by atoms with Gasteiger partial charge in [0.15, 0.2) is 0 Å². The minimum Gasteiger partial charge on any atom is -0.317 e. The van der Waals surface area contributed by atoms with E-state index in [2.05, 4.69) is 5.32 Å². The number of carbonyl (C=O) groups is 1. The summed E-state index contributed by atoms with van der Waals surface area (Å²) in [6.07, 6.45) is 2.94. The van der Waals surface area contributed by atoms with Gasteiger partial charge in [-0.25, -0.2) is 0 Å². The first-order valence-corrected chi connectivity index (χ1v) is 6.42. The van der Waals surface area contributed by atoms with E-state index < -0.39 is 10.8 Å². The van der Waals surface area contributed by atoms with E-state index in [0.717, 1.165) is 5.56 Å². The van der Waals surface area contributed by atoms with E-state index in [1.54, 1.807) is 6.08 Å². The maximum atomic E-state index is 11.8. The van der Waals surface area contributed by atoms with Crippen molar-refractivity contribution in [2.24, 2.45) is 0 Å². The molecule has 0 fully saturated rings. The number of nitrogens with zero attached hydrogens (tertiary/aromatic N) is 1. The molecule has 5 nitrogen and oxygen atoms in total. The molecule has 0 aliphatic heterocycles. The highest BCUT2D eigenvalue weighted by Crippen LogP contribution is 2.27. The van der Waals surface area contributed by atoms with Crippen LogP contribution in [0, 0.1) is 10.1 Å². The van der Waals surface area contributed by atoms with E-state index >= 15 is 0 Å². The fourth-order valence-corrected chi connectivity index (χ4v) is 1.84. The largest absolute Gasteiger partial charge is 0.317 e. The van der Waals surface area contributed by atoms with E-state index in [1.807, 2.05) is 30.3 Å². The summed E-state index contributed by atoms with van der Waals surface area (Å²) < 4.78 is 0. The zero-order chi connectivity index (χ0) is 15.2. The first-order chi connectivity index (χ1) is 10.1. The second-order valence-corrected chi connectivity index (χ2v) is 4.59. The monoisotopic (exact) mass is 302 g/mol. The van der Waals surface area contributed by atoms with Gasteiger partial charge in [-0.05, 0) is 23.8 Å². The molecule has 106 valence electrons. The Morgan fingerprint density at radius 2 is 1.90 bits per heavy atom. The van der Waals surface area contributed by atoms with Crippen molar-refractivity contribution in [2.45, 2.75) is 0 Å². The molecule has 0 radical (unpaired) electrons. The molecule has 6 heteroatoms. The second-order valence-electron chi connectivity index (χ2n) is 4.15. The fourth-order valence-electron chi connectivity index (χ4n) is 1.67. The van der Waals surface area contributed by atoms with E-state index in [1.165, 1.54) is 24.3 Å². The highest BCUT2D eigenvalue weighted by molar-refractivity contribution is 6.31. The molecule has 2 aromatic rings. The average Bonchev–Trinajstić information content (AvgIpc) is 2.48. The molecule has 2 rings (SSSR count). The summed E-state index contributed by atoms with van der Waals surface area (Å²) in [5.74, 6) is -0.454. The van der Waals surface area contributed by atoms with Crippen molar-refractivity contribution in [1.82, 2.24) is 0 Å². The van der Waals surface area contributed by atoms with Crippen molar-refractivity contribution in [3.8, 4) is 0 Å². The van der Waals surface area contributed by atoms with Crippen molar-refractivity contribution >= 4 is 35.0 Å². The summed E-state index contributed by atoms with van der Waals surface area (Å²) in [6.45, 7) is 0. The molecule has 21 heavy (non-hydrogen) atoms. The zero-order valence-electron chi connectivity index (χ0n) is 10.8. The van der Waals surface area contributed by atoms with Gasteiger partial charge in [0, 0.05) is 17.2 Å². The number of benzene rings is 2. The third-order valence-corrected chi connectivity index (χ3v) is 2.88. The SMILES string of the molecule is O=C(/C=C/c1ccccc1)Nc1ccc(Cl)cc1[N+](=O)[O-]. The zero-order valence-corrected chi connectivity index (χ0v) is 11.6. The summed E-state index contributed by atoms with van der Waals surface area (Å²) in [7, 11) is 0. The van der Waals surface area contributed by atoms with Crippen LogP contribution in [0.4, 0.5) is 11.4 Å². The maximum Gasteiger partial charge on any atom is 0.294 e. The Morgan fingerprint density at radius 3 is 2.57 bits per heavy atom. The topological polar surface area (TPSA) is 72.2 Å². The molecular formula is C15H11ClN2O3. The summed E-state index contributed by atoms with van der Waals surface area (Å²) in [5, 5.41) is 13.6. The van der Waals surface area contributed by atoms with Crippen molar-refractivity contribution in [1.29, 1.82) is 0 Å². The van der Waals surface area contributed by atoms with Crippen molar-refractivity contribution in [3.05, 3.63) is 75.3 Å². The molecule has 0 saturated heterocycles. The number of amides is 1. The number of rotatable bonds is 4. The molecule has 0 heterocycles. The summed E-state index contributed by atoms with van der Waals surface area (Å²) >= 11 is 5.71. The lowest BCUT2D eigenvalue weighted by Gasteiger charge is -2.03. The van der Waals surface area contributed by atoms with E-state index in [4.69, 9.17) is 11.6 Å². The quantitative estimate of drug-likeness (QED) is 0.529.